The molecule has 0 aromatic carbocycles. The molecule has 112 valence electrons. The quantitative estimate of drug-likeness (QED) is 0.656. The van der Waals surface area contributed by atoms with E-state index < -0.39 is 0 Å². The van der Waals surface area contributed by atoms with Crippen molar-refractivity contribution in [2.24, 2.45) is 17.6 Å². The lowest BCUT2D eigenvalue weighted by molar-refractivity contribution is -0.136. The van der Waals surface area contributed by atoms with Gasteiger partial charge in [-0.15, -0.1) is 0 Å². The molecule has 0 bridgehead atoms. The lowest BCUT2D eigenvalue weighted by Crippen LogP contribution is -2.39. The second-order valence-electron chi connectivity index (χ2n) is 5.20. The van der Waals surface area contributed by atoms with Gasteiger partial charge >= 0.3 is 0 Å². The number of nitrogens with zero attached hydrogens (tertiary/aromatic N) is 1. The fourth-order valence-corrected chi connectivity index (χ4v) is 2.12. The molecule has 1 atom stereocenters. The lowest BCUT2D eigenvalue weighted by Gasteiger charge is -2.23. The molecule has 0 aliphatic heterocycles. The predicted molar refractivity (Wildman–Crippen MR) is 77.6 cm³/mol. The van der Waals surface area contributed by atoms with Crippen LogP contribution in [-0.2, 0) is 9.59 Å². The van der Waals surface area contributed by atoms with E-state index in [9.17, 15) is 9.59 Å². The topological polar surface area (TPSA) is 75.4 Å². The number of carbonyl (C=O) groups excluding carboxylic acids is 2. The van der Waals surface area contributed by atoms with Crippen LogP contribution in [0.2, 0.25) is 0 Å². The fourth-order valence-electron chi connectivity index (χ4n) is 2.12. The molecule has 5 nitrogen and oxygen atoms in total. The van der Waals surface area contributed by atoms with Gasteiger partial charge in [-0.05, 0) is 38.1 Å². The summed E-state index contributed by atoms with van der Waals surface area (Å²) in [5.74, 6) is 0.935. The molecule has 1 unspecified atom stereocenters. The minimum absolute atomic E-state index is 0.0498. The molecular weight excluding hydrogens is 242 g/mol. The number of carbonyl (C=O) groups is 2. The maximum atomic E-state index is 12.1. The van der Waals surface area contributed by atoms with Gasteiger partial charge in [0.25, 0.3) is 0 Å². The first kappa shape index (κ1) is 17.9. The Bertz CT molecular complexity index is 280. The third-order valence-corrected chi connectivity index (χ3v) is 3.56. The Balaban J connectivity index is 4.28. The first-order valence-electron chi connectivity index (χ1n) is 7.14. The van der Waals surface area contributed by atoms with Gasteiger partial charge in [-0.1, -0.05) is 13.8 Å². The van der Waals surface area contributed by atoms with Gasteiger partial charge in [-0.2, -0.15) is 0 Å². The summed E-state index contributed by atoms with van der Waals surface area (Å²) in [4.78, 5) is 25.0. The van der Waals surface area contributed by atoms with Gasteiger partial charge in [-0.3, -0.25) is 9.59 Å². The smallest absolute Gasteiger partial charge is 0.239 e. The molecule has 0 rings (SSSR count). The zero-order chi connectivity index (χ0) is 14.8. The number of rotatable bonds is 9. The maximum absolute atomic E-state index is 12.1. The second-order valence-corrected chi connectivity index (χ2v) is 5.20. The number of nitrogens with two attached hydrogens (primary N) is 1. The standard InChI is InChI=1S/C14H29N3O2/c1-5-17(10-13(18)16-4)14(19)7-6-12(8-9-15)11(2)3/h11-12H,5-10,15H2,1-4H3,(H,16,18). The average molecular weight is 271 g/mol. The number of hydrogen-bond acceptors (Lipinski definition) is 3. The summed E-state index contributed by atoms with van der Waals surface area (Å²) in [5, 5.41) is 2.54. The molecular formula is C14H29N3O2. The van der Waals surface area contributed by atoms with Crippen LogP contribution in [0, 0.1) is 11.8 Å². The van der Waals surface area contributed by atoms with Gasteiger partial charge in [0.05, 0.1) is 6.54 Å². The zero-order valence-electron chi connectivity index (χ0n) is 12.7. The Morgan fingerprint density at radius 1 is 1.26 bits per heavy atom. The lowest BCUT2D eigenvalue weighted by atomic mass is 9.88. The van der Waals surface area contributed by atoms with Crippen LogP contribution < -0.4 is 11.1 Å². The molecule has 5 heteroatoms. The molecule has 19 heavy (non-hydrogen) atoms. The molecule has 0 aromatic heterocycles. The fraction of sp³-hybridized carbons (Fsp3) is 0.857. The summed E-state index contributed by atoms with van der Waals surface area (Å²) in [6.07, 6.45) is 2.29. The summed E-state index contributed by atoms with van der Waals surface area (Å²) in [6, 6.07) is 0. The highest BCUT2D eigenvalue weighted by Gasteiger charge is 2.18. The minimum Gasteiger partial charge on any atom is -0.358 e. The van der Waals surface area contributed by atoms with Crippen molar-refractivity contribution in [3.05, 3.63) is 0 Å². The van der Waals surface area contributed by atoms with Crippen LogP contribution in [0.5, 0.6) is 0 Å². The van der Waals surface area contributed by atoms with E-state index in [1.807, 2.05) is 6.92 Å². The van der Waals surface area contributed by atoms with Crippen LogP contribution in [0.3, 0.4) is 0 Å². The SMILES string of the molecule is CCN(CC(=O)NC)C(=O)CCC(CCN)C(C)C. The van der Waals surface area contributed by atoms with E-state index in [0.29, 0.717) is 31.3 Å². The van der Waals surface area contributed by atoms with E-state index in [2.05, 4.69) is 19.2 Å². The molecule has 0 aromatic rings. The Kier molecular flexibility index (Phi) is 9.21. The zero-order valence-corrected chi connectivity index (χ0v) is 12.7. The van der Waals surface area contributed by atoms with Crippen molar-refractivity contribution in [3.63, 3.8) is 0 Å². The summed E-state index contributed by atoms with van der Waals surface area (Å²) in [5.41, 5.74) is 5.60. The van der Waals surface area contributed by atoms with E-state index >= 15 is 0 Å². The van der Waals surface area contributed by atoms with Gasteiger partial charge in [0, 0.05) is 20.0 Å². The maximum Gasteiger partial charge on any atom is 0.239 e. The normalized spacial score (nSPS) is 12.3. The van der Waals surface area contributed by atoms with Crippen LogP contribution in [0.15, 0.2) is 0 Å². The first-order valence-corrected chi connectivity index (χ1v) is 7.14. The highest BCUT2D eigenvalue weighted by Crippen LogP contribution is 2.20. The molecule has 0 saturated carbocycles. The molecule has 0 aliphatic rings. The third-order valence-electron chi connectivity index (χ3n) is 3.56. The Hall–Kier alpha value is -1.10. The van der Waals surface area contributed by atoms with Crippen molar-refractivity contribution in [2.75, 3.05) is 26.7 Å². The van der Waals surface area contributed by atoms with Gasteiger partial charge in [0.15, 0.2) is 0 Å². The van der Waals surface area contributed by atoms with E-state index in [4.69, 9.17) is 5.73 Å². The number of nitrogens with one attached hydrogen (secondary N) is 1. The Morgan fingerprint density at radius 2 is 1.89 bits per heavy atom. The van der Waals surface area contributed by atoms with Crippen molar-refractivity contribution in [2.45, 2.75) is 40.0 Å². The summed E-state index contributed by atoms with van der Waals surface area (Å²) < 4.78 is 0. The molecule has 0 aliphatic carbocycles. The summed E-state index contributed by atoms with van der Waals surface area (Å²) in [7, 11) is 1.58. The Labute approximate surface area is 116 Å². The minimum atomic E-state index is -0.127. The number of likely N-dealkylation sites (N-methyl/N-ethyl adjacent to an activating group) is 2. The molecule has 2 amide bonds. The molecule has 0 heterocycles. The highest BCUT2D eigenvalue weighted by atomic mass is 16.2. The van der Waals surface area contributed by atoms with E-state index in [1.165, 1.54) is 0 Å². The molecule has 0 radical (unpaired) electrons. The monoisotopic (exact) mass is 271 g/mol. The molecule has 0 fully saturated rings. The molecule has 3 N–H and O–H groups in total. The van der Waals surface area contributed by atoms with Crippen LogP contribution in [0.25, 0.3) is 0 Å². The summed E-state index contributed by atoms with van der Waals surface area (Å²) in [6.45, 7) is 7.58. The van der Waals surface area contributed by atoms with Crippen molar-refractivity contribution >= 4 is 11.8 Å². The highest BCUT2D eigenvalue weighted by molar-refractivity contribution is 5.84. The number of amides is 2. The Morgan fingerprint density at radius 3 is 2.32 bits per heavy atom. The summed E-state index contributed by atoms with van der Waals surface area (Å²) >= 11 is 0. The van der Waals surface area contributed by atoms with E-state index in [-0.39, 0.29) is 18.4 Å². The van der Waals surface area contributed by atoms with E-state index in [1.54, 1.807) is 11.9 Å². The van der Waals surface area contributed by atoms with Crippen molar-refractivity contribution in [3.8, 4) is 0 Å². The van der Waals surface area contributed by atoms with Gasteiger partial charge in [0.1, 0.15) is 0 Å². The van der Waals surface area contributed by atoms with Gasteiger partial charge in [0.2, 0.25) is 11.8 Å². The van der Waals surface area contributed by atoms with Crippen LogP contribution in [0.1, 0.15) is 40.0 Å². The van der Waals surface area contributed by atoms with Crippen molar-refractivity contribution in [1.29, 1.82) is 0 Å². The first-order chi connectivity index (χ1) is 8.96. The number of hydrogen-bond donors (Lipinski definition) is 2. The van der Waals surface area contributed by atoms with Crippen molar-refractivity contribution < 1.29 is 9.59 Å². The molecule has 0 spiro atoms. The van der Waals surface area contributed by atoms with Gasteiger partial charge in [-0.25, -0.2) is 0 Å². The second kappa shape index (κ2) is 9.78. The van der Waals surface area contributed by atoms with Crippen molar-refractivity contribution in [1.82, 2.24) is 10.2 Å². The van der Waals surface area contributed by atoms with Gasteiger partial charge < -0.3 is 16.0 Å². The predicted octanol–water partition coefficient (Wildman–Crippen LogP) is 0.982. The third kappa shape index (κ3) is 7.15. The van der Waals surface area contributed by atoms with Crippen LogP contribution in [0.4, 0.5) is 0 Å². The largest absolute Gasteiger partial charge is 0.358 e. The molecule has 0 saturated heterocycles. The van der Waals surface area contributed by atoms with Crippen LogP contribution in [-0.4, -0.2) is 43.4 Å². The van der Waals surface area contributed by atoms with Crippen LogP contribution >= 0.6 is 0 Å². The average Bonchev–Trinajstić information content (AvgIpc) is 2.39. The van der Waals surface area contributed by atoms with E-state index in [0.717, 1.165) is 12.8 Å².